The second-order valence-corrected chi connectivity index (χ2v) is 7.18. The van der Waals surface area contributed by atoms with Crippen molar-refractivity contribution in [3.8, 4) is 5.82 Å². The lowest BCUT2D eigenvalue weighted by molar-refractivity contribution is -0.120. The zero-order valence-corrected chi connectivity index (χ0v) is 16.6. The minimum Gasteiger partial charge on any atom is -0.373 e. The molecule has 0 aliphatic carbocycles. The van der Waals surface area contributed by atoms with Crippen LogP contribution in [0.3, 0.4) is 0 Å². The average molecular weight is 405 g/mol. The van der Waals surface area contributed by atoms with Crippen LogP contribution in [-0.4, -0.2) is 39.2 Å². The van der Waals surface area contributed by atoms with Gasteiger partial charge in [0.1, 0.15) is 0 Å². The van der Waals surface area contributed by atoms with Crippen molar-refractivity contribution in [1.82, 2.24) is 20.1 Å². The van der Waals surface area contributed by atoms with Gasteiger partial charge in [-0.15, -0.1) is 0 Å². The molecule has 30 heavy (non-hydrogen) atoms. The molecule has 1 aromatic carbocycles. The van der Waals surface area contributed by atoms with E-state index in [1.807, 2.05) is 30.3 Å². The zero-order valence-electron chi connectivity index (χ0n) is 16.6. The third-order valence-corrected chi connectivity index (χ3v) is 5.00. The Morgan fingerprint density at radius 3 is 2.77 bits per heavy atom. The fourth-order valence-corrected chi connectivity index (χ4v) is 3.58. The Kier molecular flexibility index (Phi) is 5.85. The Hall–Kier alpha value is -3.52. The molecule has 0 saturated carbocycles. The summed E-state index contributed by atoms with van der Waals surface area (Å²) in [5, 5.41) is 10.1. The largest absolute Gasteiger partial charge is 0.373 e. The number of hydrogen-bond acceptors (Lipinski definition) is 5. The molecule has 3 aromatic rings. The molecule has 8 heteroatoms. The predicted octanol–water partition coefficient (Wildman–Crippen LogP) is 2.88. The number of nitrogens with one attached hydrogen (secondary N) is 2. The van der Waals surface area contributed by atoms with E-state index in [1.54, 1.807) is 29.2 Å². The molecule has 2 amide bonds. The van der Waals surface area contributed by atoms with Gasteiger partial charge in [-0.2, -0.15) is 5.10 Å². The van der Waals surface area contributed by atoms with Gasteiger partial charge in [-0.1, -0.05) is 18.2 Å². The number of amides is 2. The number of rotatable bonds is 5. The first-order chi connectivity index (χ1) is 14.6. The van der Waals surface area contributed by atoms with Gasteiger partial charge in [-0.05, 0) is 37.1 Å². The van der Waals surface area contributed by atoms with Gasteiger partial charge >= 0.3 is 0 Å². The predicted molar refractivity (Wildman–Crippen MR) is 111 cm³/mol. The van der Waals surface area contributed by atoms with E-state index in [4.69, 9.17) is 4.74 Å². The van der Waals surface area contributed by atoms with Crippen molar-refractivity contribution in [2.24, 2.45) is 0 Å². The van der Waals surface area contributed by atoms with E-state index in [0.717, 1.165) is 12.0 Å². The van der Waals surface area contributed by atoms with Crippen LogP contribution >= 0.6 is 0 Å². The van der Waals surface area contributed by atoms with Crippen molar-refractivity contribution in [3.63, 3.8) is 0 Å². The summed E-state index contributed by atoms with van der Waals surface area (Å²) < 4.78 is 7.56. The normalized spacial score (nSPS) is 18.6. The van der Waals surface area contributed by atoms with Gasteiger partial charge in [-0.3, -0.25) is 9.59 Å². The van der Waals surface area contributed by atoms with Crippen LogP contribution in [0.2, 0.25) is 0 Å². The van der Waals surface area contributed by atoms with Gasteiger partial charge in [0.2, 0.25) is 5.91 Å². The molecule has 3 heterocycles. The number of nitrogens with zero attached hydrogens (tertiary/aromatic N) is 3. The van der Waals surface area contributed by atoms with Gasteiger partial charge in [0.15, 0.2) is 5.82 Å². The second kappa shape index (κ2) is 8.87. The lowest BCUT2D eigenvalue weighted by atomic mass is 9.96. The van der Waals surface area contributed by atoms with E-state index in [2.05, 4.69) is 20.7 Å². The highest BCUT2D eigenvalue weighted by atomic mass is 16.5. The Morgan fingerprint density at radius 2 is 2.03 bits per heavy atom. The van der Waals surface area contributed by atoms with Gasteiger partial charge in [-0.25, -0.2) is 9.67 Å². The van der Waals surface area contributed by atoms with Crippen LogP contribution in [-0.2, 0) is 9.53 Å². The summed E-state index contributed by atoms with van der Waals surface area (Å²) in [5.74, 6) is 0.334. The summed E-state index contributed by atoms with van der Waals surface area (Å²) in [6.45, 7) is 2.07. The van der Waals surface area contributed by atoms with E-state index in [9.17, 15) is 9.59 Å². The van der Waals surface area contributed by atoms with Crippen molar-refractivity contribution in [3.05, 3.63) is 72.2 Å². The van der Waals surface area contributed by atoms with Crippen LogP contribution < -0.4 is 10.6 Å². The van der Waals surface area contributed by atoms with Crippen LogP contribution in [0.5, 0.6) is 0 Å². The summed E-state index contributed by atoms with van der Waals surface area (Å²) >= 11 is 0. The number of ether oxygens (including phenoxy) is 1. The van der Waals surface area contributed by atoms with E-state index in [-0.39, 0.29) is 24.0 Å². The van der Waals surface area contributed by atoms with Crippen molar-refractivity contribution in [1.29, 1.82) is 0 Å². The van der Waals surface area contributed by atoms with E-state index >= 15 is 0 Å². The van der Waals surface area contributed by atoms with Crippen molar-refractivity contribution < 1.29 is 14.3 Å². The molecular weight excluding hydrogens is 382 g/mol. The first-order valence-electron chi connectivity index (χ1n) is 9.85. The molecule has 0 radical (unpaired) electrons. The standard InChI is InChI=1S/C22H23N5O3/c1-15(28)25-17-9-12-30-20(13-17)18-5-2-3-6-19(18)26-22(29)16-7-8-21(23-14-16)27-11-4-10-24-27/h2-8,10-11,14,17,20H,9,12-13H2,1H3,(H,25,28)(H,26,29)/t17-,20+/m1/s1. The topological polar surface area (TPSA) is 98.1 Å². The average Bonchev–Trinajstić information content (AvgIpc) is 3.29. The summed E-state index contributed by atoms with van der Waals surface area (Å²) in [4.78, 5) is 28.5. The highest BCUT2D eigenvalue weighted by molar-refractivity contribution is 6.04. The van der Waals surface area contributed by atoms with Gasteiger partial charge in [0.25, 0.3) is 5.91 Å². The number of carbonyl (C=O) groups is 2. The summed E-state index contributed by atoms with van der Waals surface area (Å²) in [6.07, 6.45) is 6.22. The molecule has 2 aromatic heterocycles. The Bertz CT molecular complexity index is 1020. The maximum Gasteiger partial charge on any atom is 0.257 e. The molecule has 154 valence electrons. The first kappa shape index (κ1) is 19.8. The van der Waals surface area contributed by atoms with Crippen LogP contribution in [0, 0.1) is 0 Å². The molecule has 4 rings (SSSR count). The number of pyridine rings is 1. The fraction of sp³-hybridized carbons (Fsp3) is 0.273. The molecule has 1 saturated heterocycles. The molecule has 0 unspecified atom stereocenters. The number of para-hydroxylation sites is 1. The minimum absolute atomic E-state index is 0.0479. The minimum atomic E-state index is -0.254. The van der Waals surface area contributed by atoms with Gasteiger partial charge in [0, 0.05) is 49.4 Å². The number of carbonyl (C=O) groups excluding carboxylic acids is 2. The van der Waals surface area contributed by atoms with Gasteiger partial charge < -0.3 is 15.4 Å². The summed E-state index contributed by atoms with van der Waals surface area (Å²) in [5.41, 5.74) is 2.02. The molecule has 1 aliphatic heterocycles. The van der Waals surface area contributed by atoms with Crippen LogP contribution in [0.1, 0.15) is 41.8 Å². The van der Waals surface area contributed by atoms with Crippen molar-refractivity contribution >= 4 is 17.5 Å². The molecule has 1 aliphatic rings. The van der Waals surface area contributed by atoms with E-state index < -0.39 is 0 Å². The third kappa shape index (κ3) is 4.55. The SMILES string of the molecule is CC(=O)N[C@@H]1CCO[C@H](c2ccccc2NC(=O)c2ccc(-n3cccn3)nc2)C1. The monoisotopic (exact) mass is 405 g/mol. The first-order valence-corrected chi connectivity index (χ1v) is 9.85. The van der Waals surface area contributed by atoms with Crippen LogP contribution in [0.4, 0.5) is 5.69 Å². The van der Waals surface area contributed by atoms with E-state index in [1.165, 1.54) is 13.1 Å². The maximum atomic E-state index is 12.8. The summed E-state index contributed by atoms with van der Waals surface area (Å²) in [6, 6.07) is 12.9. The third-order valence-electron chi connectivity index (χ3n) is 5.00. The van der Waals surface area contributed by atoms with Gasteiger partial charge in [0.05, 0.1) is 11.7 Å². The molecular formula is C22H23N5O3. The zero-order chi connectivity index (χ0) is 20.9. The van der Waals surface area contributed by atoms with Crippen LogP contribution in [0.15, 0.2) is 61.1 Å². The van der Waals surface area contributed by atoms with E-state index in [0.29, 0.717) is 30.1 Å². The Labute approximate surface area is 174 Å². The second-order valence-electron chi connectivity index (χ2n) is 7.18. The van der Waals surface area contributed by atoms with Crippen LogP contribution in [0.25, 0.3) is 5.82 Å². The number of anilines is 1. The van der Waals surface area contributed by atoms with Crippen molar-refractivity contribution in [2.75, 3.05) is 11.9 Å². The quantitative estimate of drug-likeness (QED) is 0.680. The Balaban J connectivity index is 1.48. The lowest BCUT2D eigenvalue weighted by Gasteiger charge is -2.31. The number of benzene rings is 1. The molecule has 2 atom stereocenters. The maximum absolute atomic E-state index is 12.8. The molecule has 0 spiro atoms. The highest BCUT2D eigenvalue weighted by Gasteiger charge is 2.26. The molecule has 8 nitrogen and oxygen atoms in total. The van der Waals surface area contributed by atoms with Crippen molar-refractivity contribution in [2.45, 2.75) is 31.9 Å². The molecule has 0 bridgehead atoms. The number of hydrogen-bond donors (Lipinski definition) is 2. The summed E-state index contributed by atoms with van der Waals surface area (Å²) in [7, 11) is 0. The number of aromatic nitrogens is 3. The molecule has 1 fully saturated rings. The lowest BCUT2D eigenvalue weighted by Crippen LogP contribution is -2.38. The smallest absolute Gasteiger partial charge is 0.257 e. The fourth-order valence-electron chi connectivity index (χ4n) is 3.58. The molecule has 2 N–H and O–H groups in total. The highest BCUT2D eigenvalue weighted by Crippen LogP contribution is 2.33. The Morgan fingerprint density at radius 1 is 1.17 bits per heavy atom.